The predicted octanol–water partition coefficient (Wildman–Crippen LogP) is 0.129. The SMILES string of the molecule is COC(=O)C1CCC(Oc2ccc(NC(=O)C(=O)NN)c(OC)n2)CC1. The molecule has 2 rings (SSSR count). The van der Waals surface area contributed by atoms with Crippen molar-refractivity contribution in [1.29, 1.82) is 0 Å². The third-order valence-corrected chi connectivity index (χ3v) is 4.11. The molecule has 1 heterocycles. The number of hydrogen-bond acceptors (Lipinski definition) is 8. The van der Waals surface area contributed by atoms with E-state index in [4.69, 9.17) is 20.1 Å². The highest BCUT2D eigenvalue weighted by molar-refractivity contribution is 6.39. The van der Waals surface area contributed by atoms with Crippen molar-refractivity contribution in [3.8, 4) is 11.8 Å². The monoisotopic (exact) mass is 366 g/mol. The molecule has 1 aromatic rings. The van der Waals surface area contributed by atoms with Gasteiger partial charge in [0.1, 0.15) is 11.8 Å². The molecule has 142 valence electrons. The number of amides is 2. The number of ether oxygens (including phenoxy) is 3. The van der Waals surface area contributed by atoms with E-state index in [2.05, 4.69) is 10.3 Å². The Morgan fingerprint density at radius 1 is 1.12 bits per heavy atom. The second kappa shape index (κ2) is 8.99. The maximum atomic E-state index is 11.6. The smallest absolute Gasteiger partial charge is 0.323 e. The normalized spacial score (nSPS) is 19.2. The highest BCUT2D eigenvalue weighted by Gasteiger charge is 2.28. The molecule has 1 aromatic heterocycles. The fraction of sp³-hybridized carbons (Fsp3) is 0.500. The minimum Gasteiger partial charge on any atom is -0.479 e. The number of methoxy groups -OCH3 is 2. The molecule has 0 aromatic carbocycles. The topological polar surface area (TPSA) is 142 Å². The van der Waals surface area contributed by atoms with Crippen molar-refractivity contribution in [2.24, 2.45) is 11.8 Å². The average Bonchev–Trinajstić information content (AvgIpc) is 2.68. The lowest BCUT2D eigenvalue weighted by Crippen LogP contribution is -2.39. The molecule has 1 aliphatic rings. The first-order valence-corrected chi connectivity index (χ1v) is 8.10. The number of nitrogens with zero attached hydrogens (tertiary/aromatic N) is 1. The molecule has 2 amide bonds. The van der Waals surface area contributed by atoms with Crippen LogP contribution in [0.25, 0.3) is 0 Å². The molecule has 0 radical (unpaired) electrons. The number of hydrazine groups is 1. The molecule has 10 heteroatoms. The van der Waals surface area contributed by atoms with Gasteiger partial charge in [-0.3, -0.25) is 19.8 Å². The summed E-state index contributed by atoms with van der Waals surface area (Å²) in [7, 11) is 2.77. The Hall–Kier alpha value is -2.88. The van der Waals surface area contributed by atoms with Crippen LogP contribution in [-0.4, -0.2) is 43.1 Å². The van der Waals surface area contributed by atoms with Crippen LogP contribution in [0.1, 0.15) is 25.7 Å². The van der Waals surface area contributed by atoms with Crippen molar-refractivity contribution < 1.29 is 28.6 Å². The van der Waals surface area contributed by atoms with Gasteiger partial charge < -0.3 is 19.5 Å². The predicted molar refractivity (Wildman–Crippen MR) is 90.1 cm³/mol. The molecule has 1 aliphatic carbocycles. The Balaban J connectivity index is 1.98. The number of nitrogens with two attached hydrogens (primary N) is 1. The van der Waals surface area contributed by atoms with Crippen LogP contribution in [0.4, 0.5) is 5.69 Å². The number of carbonyl (C=O) groups is 3. The fourth-order valence-corrected chi connectivity index (χ4v) is 2.74. The standard InChI is InChI=1S/C16H22N4O6/c1-24-15-11(18-13(21)14(22)20-17)7-8-12(19-15)26-10-5-3-9(4-6-10)16(23)25-2/h7-10H,3-6,17H2,1-2H3,(H,18,21)(H,20,22). The summed E-state index contributed by atoms with van der Waals surface area (Å²) in [6, 6.07) is 3.08. The number of hydrogen-bond donors (Lipinski definition) is 3. The van der Waals surface area contributed by atoms with E-state index in [1.54, 1.807) is 11.5 Å². The van der Waals surface area contributed by atoms with E-state index in [1.165, 1.54) is 20.3 Å². The van der Waals surface area contributed by atoms with Crippen molar-refractivity contribution >= 4 is 23.5 Å². The summed E-state index contributed by atoms with van der Waals surface area (Å²) in [5.74, 6) is 3.12. The molecule has 0 atom stereocenters. The van der Waals surface area contributed by atoms with E-state index in [0.29, 0.717) is 31.6 Å². The quantitative estimate of drug-likeness (QED) is 0.219. The minimum atomic E-state index is -0.991. The fourth-order valence-electron chi connectivity index (χ4n) is 2.74. The molecule has 0 spiro atoms. The van der Waals surface area contributed by atoms with Crippen LogP contribution in [0.3, 0.4) is 0 Å². The van der Waals surface area contributed by atoms with Gasteiger partial charge in [0.15, 0.2) is 0 Å². The Morgan fingerprint density at radius 2 is 1.81 bits per heavy atom. The van der Waals surface area contributed by atoms with Crippen LogP contribution in [0.2, 0.25) is 0 Å². The largest absolute Gasteiger partial charge is 0.479 e. The minimum absolute atomic E-state index is 0.0726. The zero-order valence-electron chi connectivity index (χ0n) is 14.6. The maximum Gasteiger partial charge on any atom is 0.323 e. The van der Waals surface area contributed by atoms with Crippen molar-refractivity contribution in [3.05, 3.63) is 12.1 Å². The van der Waals surface area contributed by atoms with Crippen LogP contribution in [0.15, 0.2) is 12.1 Å². The molecular weight excluding hydrogens is 344 g/mol. The Bertz CT molecular complexity index is 673. The van der Waals surface area contributed by atoms with E-state index >= 15 is 0 Å². The summed E-state index contributed by atoms with van der Waals surface area (Å²) < 4.78 is 15.7. The number of carbonyl (C=O) groups excluding carboxylic acids is 3. The van der Waals surface area contributed by atoms with Crippen LogP contribution in [-0.2, 0) is 19.1 Å². The molecule has 0 bridgehead atoms. The molecule has 0 aliphatic heterocycles. The maximum absolute atomic E-state index is 11.6. The molecule has 0 unspecified atom stereocenters. The van der Waals surface area contributed by atoms with Gasteiger partial charge >= 0.3 is 17.8 Å². The van der Waals surface area contributed by atoms with Crippen molar-refractivity contribution in [3.63, 3.8) is 0 Å². The summed E-state index contributed by atoms with van der Waals surface area (Å²) in [6.07, 6.45) is 2.72. The zero-order valence-corrected chi connectivity index (χ0v) is 14.6. The molecule has 1 fully saturated rings. The van der Waals surface area contributed by atoms with Gasteiger partial charge in [-0.25, -0.2) is 5.84 Å². The van der Waals surface area contributed by atoms with Crippen molar-refractivity contribution in [2.45, 2.75) is 31.8 Å². The van der Waals surface area contributed by atoms with Gasteiger partial charge in [0.05, 0.1) is 20.1 Å². The highest BCUT2D eigenvalue weighted by Crippen LogP contribution is 2.30. The lowest BCUT2D eigenvalue weighted by molar-refractivity contribution is -0.147. The Kier molecular flexibility index (Phi) is 6.73. The van der Waals surface area contributed by atoms with Gasteiger partial charge in [-0.2, -0.15) is 4.98 Å². The highest BCUT2D eigenvalue weighted by atomic mass is 16.5. The summed E-state index contributed by atoms with van der Waals surface area (Å²) in [5, 5.41) is 2.34. The van der Waals surface area contributed by atoms with Crippen LogP contribution in [0.5, 0.6) is 11.8 Å². The number of aromatic nitrogens is 1. The van der Waals surface area contributed by atoms with Gasteiger partial charge in [0.25, 0.3) is 0 Å². The molecule has 4 N–H and O–H groups in total. The van der Waals surface area contributed by atoms with E-state index in [1.807, 2.05) is 0 Å². The molecular formula is C16H22N4O6. The van der Waals surface area contributed by atoms with Gasteiger partial charge in [-0.05, 0) is 31.7 Å². The third kappa shape index (κ3) is 4.82. The lowest BCUT2D eigenvalue weighted by Gasteiger charge is -2.27. The summed E-state index contributed by atoms with van der Waals surface area (Å²) in [6.45, 7) is 0. The van der Waals surface area contributed by atoms with Crippen LogP contribution >= 0.6 is 0 Å². The van der Waals surface area contributed by atoms with Crippen molar-refractivity contribution in [2.75, 3.05) is 19.5 Å². The third-order valence-electron chi connectivity index (χ3n) is 4.11. The lowest BCUT2D eigenvalue weighted by atomic mass is 9.87. The van der Waals surface area contributed by atoms with E-state index < -0.39 is 11.8 Å². The Morgan fingerprint density at radius 3 is 2.38 bits per heavy atom. The van der Waals surface area contributed by atoms with E-state index in [9.17, 15) is 14.4 Å². The summed E-state index contributed by atoms with van der Waals surface area (Å²) in [4.78, 5) is 38.5. The van der Waals surface area contributed by atoms with Gasteiger partial charge in [0.2, 0.25) is 11.8 Å². The molecule has 1 saturated carbocycles. The summed E-state index contributed by atoms with van der Waals surface area (Å²) >= 11 is 0. The van der Waals surface area contributed by atoms with E-state index in [0.717, 1.165) is 0 Å². The first-order valence-electron chi connectivity index (χ1n) is 8.10. The number of rotatable bonds is 5. The molecule has 26 heavy (non-hydrogen) atoms. The van der Waals surface area contributed by atoms with Crippen LogP contribution < -0.4 is 26.1 Å². The first kappa shape index (κ1) is 19.4. The zero-order chi connectivity index (χ0) is 19.1. The number of esters is 1. The van der Waals surface area contributed by atoms with Gasteiger partial charge in [-0.15, -0.1) is 0 Å². The number of nitrogens with one attached hydrogen (secondary N) is 2. The summed E-state index contributed by atoms with van der Waals surface area (Å²) in [5.41, 5.74) is 1.94. The van der Waals surface area contributed by atoms with Crippen LogP contribution in [0, 0.1) is 5.92 Å². The average molecular weight is 366 g/mol. The number of pyridine rings is 1. The molecule has 0 saturated heterocycles. The number of anilines is 1. The van der Waals surface area contributed by atoms with E-state index in [-0.39, 0.29) is 29.6 Å². The van der Waals surface area contributed by atoms with Crippen molar-refractivity contribution in [1.82, 2.24) is 10.4 Å². The van der Waals surface area contributed by atoms with Gasteiger partial charge in [-0.1, -0.05) is 0 Å². The Labute approximate surface area is 150 Å². The second-order valence-corrected chi connectivity index (χ2v) is 5.75. The first-order chi connectivity index (χ1) is 12.5. The molecule has 10 nitrogen and oxygen atoms in total. The van der Waals surface area contributed by atoms with Gasteiger partial charge in [0, 0.05) is 6.07 Å². The second-order valence-electron chi connectivity index (χ2n) is 5.75.